The van der Waals surface area contributed by atoms with E-state index in [4.69, 9.17) is 21.1 Å². The second kappa shape index (κ2) is 6.37. The predicted octanol–water partition coefficient (Wildman–Crippen LogP) is 3.02. The molecule has 2 aromatic rings. The van der Waals surface area contributed by atoms with Crippen LogP contribution in [0.3, 0.4) is 0 Å². The minimum atomic E-state index is -0.553. The number of aryl methyl sites for hydroxylation is 2. The van der Waals surface area contributed by atoms with Crippen molar-refractivity contribution in [3.05, 3.63) is 40.2 Å². The van der Waals surface area contributed by atoms with Crippen LogP contribution in [-0.4, -0.2) is 22.0 Å². The number of methoxy groups -OCH3 is 1. The standard InChI is InChI=1S/C15H19ClN2O3/c1-9-12(15(16)18(3)17-9)8-21-13-6-5-11(10(2)19)7-14(13)20-4/h5-7,10,19H,8H2,1-4H3. The summed E-state index contributed by atoms with van der Waals surface area (Å²) in [5.41, 5.74) is 2.46. The normalized spacial score (nSPS) is 12.3. The van der Waals surface area contributed by atoms with Crippen molar-refractivity contribution >= 4 is 11.6 Å². The third-order valence-corrected chi connectivity index (χ3v) is 3.78. The lowest BCUT2D eigenvalue weighted by Crippen LogP contribution is -2.00. The summed E-state index contributed by atoms with van der Waals surface area (Å²) in [6.07, 6.45) is -0.553. The summed E-state index contributed by atoms with van der Waals surface area (Å²) in [6, 6.07) is 5.35. The number of aliphatic hydroxyl groups is 1. The molecule has 1 unspecified atom stereocenters. The summed E-state index contributed by atoms with van der Waals surface area (Å²) in [4.78, 5) is 0. The first-order chi connectivity index (χ1) is 9.93. The molecule has 1 aromatic carbocycles. The van der Waals surface area contributed by atoms with Crippen LogP contribution in [0, 0.1) is 6.92 Å². The Balaban J connectivity index is 2.20. The van der Waals surface area contributed by atoms with Gasteiger partial charge in [-0.3, -0.25) is 4.68 Å². The van der Waals surface area contributed by atoms with Crippen LogP contribution in [0.5, 0.6) is 11.5 Å². The molecule has 1 aromatic heterocycles. The molecule has 0 aliphatic heterocycles. The van der Waals surface area contributed by atoms with Gasteiger partial charge in [0.2, 0.25) is 0 Å². The van der Waals surface area contributed by atoms with Crippen molar-refractivity contribution in [2.45, 2.75) is 26.6 Å². The maximum Gasteiger partial charge on any atom is 0.161 e. The van der Waals surface area contributed by atoms with E-state index in [2.05, 4.69) is 5.10 Å². The van der Waals surface area contributed by atoms with Gasteiger partial charge in [0, 0.05) is 12.6 Å². The highest BCUT2D eigenvalue weighted by Crippen LogP contribution is 2.31. The van der Waals surface area contributed by atoms with Crippen molar-refractivity contribution < 1.29 is 14.6 Å². The number of halogens is 1. The van der Waals surface area contributed by atoms with Gasteiger partial charge >= 0.3 is 0 Å². The summed E-state index contributed by atoms with van der Waals surface area (Å²) < 4.78 is 12.7. The lowest BCUT2D eigenvalue weighted by atomic mass is 10.1. The summed E-state index contributed by atoms with van der Waals surface area (Å²) in [7, 11) is 3.35. The van der Waals surface area contributed by atoms with E-state index in [0.717, 1.165) is 16.8 Å². The van der Waals surface area contributed by atoms with Crippen LogP contribution in [0.1, 0.15) is 29.8 Å². The molecule has 21 heavy (non-hydrogen) atoms. The summed E-state index contributed by atoms with van der Waals surface area (Å²) in [6.45, 7) is 3.90. The van der Waals surface area contributed by atoms with Crippen LogP contribution in [0.2, 0.25) is 5.15 Å². The molecule has 0 spiro atoms. The smallest absolute Gasteiger partial charge is 0.161 e. The molecule has 0 bridgehead atoms. The maximum atomic E-state index is 9.59. The average Bonchev–Trinajstić information content (AvgIpc) is 2.70. The van der Waals surface area contributed by atoms with Gasteiger partial charge in [0.1, 0.15) is 11.8 Å². The van der Waals surface area contributed by atoms with E-state index in [0.29, 0.717) is 23.3 Å². The molecule has 0 radical (unpaired) electrons. The Labute approximate surface area is 129 Å². The number of ether oxygens (including phenoxy) is 2. The van der Waals surface area contributed by atoms with Crippen molar-refractivity contribution in [1.29, 1.82) is 0 Å². The SMILES string of the molecule is COc1cc(C(C)O)ccc1OCc1c(C)nn(C)c1Cl. The van der Waals surface area contributed by atoms with Gasteiger partial charge in [0.05, 0.1) is 18.9 Å². The Morgan fingerprint density at radius 2 is 2.10 bits per heavy atom. The number of aliphatic hydroxyl groups excluding tert-OH is 1. The predicted molar refractivity (Wildman–Crippen MR) is 80.9 cm³/mol. The van der Waals surface area contributed by atoms with Crippen LogP contribution in [0.4, 0.5) is 0 Å². The van der Waals surface area contributed by atoms with E-state index in [-0.39, 0.29) is 0 Å². The second-order valence-electron chi connectivity index (χ2n) is 4.85. The zero-order chi connectivity index (χ0) is 15.6. The van der Waals surface area contributed by atoms with Crippen molar-refractivity contribution in [3.63, 3.8) is 0 Å². The fraction of sp³-hybridized carbons (Fsp3) is 0.400. The first-order valence-electron chi connectivity index (χ1n) is 6.60. The lowest BCUT2D eigenvalue weighted by Gasteiger charge is -2.13. The monoisotopic (exact) mass is 310 g/mol. The number of nitrogens with zero attached hydrogens (tertiary/aromatic N) is 2. The van der Waals surface area contributed by atoms with Gasteiger partial charge in [-0.25, -0.2) is 0 Å². The van der Waals surface area contributed by atoms with E-state index >= 15 is 0 Å². The maximum absolute atomic E-state index is 9.59. The van der Waals surface area contributed by atoms with E-state index in [1.54, 1.807) is 44.0 Å². The molecule has 0 aliphatic carbocycles. The zero-order valence-electron chi connectivity index (χ0n) is 12.6. The van der Waals surface area contributed by atoms with Gasteiger partial charge in [-0.2, -0.15) is 5.10 Å². The van der Waals surface area contributed by atoms with Crippen LogP contribution in [0.25, 0.3) is 0 Å². The lowest BCUT2D eigenvalue weighted by molar-refractivity contribution is 0.198. The number of hydrogen-bond donors (Lipinski definition) is 1. The molecular weight excluding hydrogens is 292 g/mol. The van der Waals surface area contributed by atoms with Gasteiger partial charge in [0.25, 0.3) is 0 Å². The molecule has 1 heterocycles. The van der Waals surface area contributed by atoms with E-state index in [1.807, 2.05) is 6.92 Å². The molecule has 2 rings (SSSR count). The molecule has 0 fully saturated rings. The van der Waals surface area contributed by atoms with Gasteiger partial charge in [-0.15, -0.1) is 0 Å². The first kappa shape index (κ1) is 15.7. The average molecular weight is 311 g/mol. The molecule has 0 aliphatic rings. The number of aromatic nitrogens is 2. The van der Waals surface area contributed by atoms with Crippen LogP contribution in [-0.2, 0) is 13.7 Å². The zero-order valence-corrected chi connectivity index (χ0v) is 13.3. The molecule has 6 heteroatoms. The first-order valence-corrected chi connectivity index (χ1v) is 6.98. The van der Waals surface area contributed by atoms with Gasteiger partial charge in [-0.1, -0.05) is 17.7 Å². The number of benzene rings is 1. The fourth-order valence-electron chi connectivity index (χ4n) is 2.05. The van der Waals surface area contributed by atoms with Crippen LogP contribution < -0.4 is 9.47 Å². The van der Waals surface area contributed by atoms with Crippen LogP contribution in [0.15, 0.2) is 18.2 Å². The molecule has 5 nitrogen and oxygen atoms in total. The van der Waals surface area contributed by atoms with Gasteiger partial charge < -0.3 is 14.6 Å². The summed E-state index contributed by atoms with van der Waals surface area (Å²) in [5, 5.41) is 14.4. The van der Waals surface area contributed by atoms with E-state index in [9.17, 15) is 5.11 Å². The third-order valence-electron chi connectivity index (χ3n) is 3.31. The van der Waals surface area contributed by atoms with E-state index in [1.165, 1.54) is 0 Å². The Morgan fingerprint density at radius 3 is 2.62 bits per heavy atom. The Bertz CT molecular complexity index is 638. The van der Waals surface area contributed by atoms with E-state index < -0.39 is 6.10 Å². The Morgan fingerprint density at radius 1 is 1.38 bits per heavy atom. The second-order valence-corrected chi connectivity index (χ2v) is 5.21. The minimum Gasteiger partial charge on any atom is -0.493 e. The molecule has 0 saturated carbocycles. The van der Waals surface area contributed by atoms with Gasteiger partial charge in [0.15, 0.2) is 11.5 Å². The molecule has 0 amide bonds. The summed E-state index contributed by atoms with van der Waals surface area (Å²) in [5.74, 6) is 1.17. The summed E-state index contributed by atoms with van der Waals surface area (Å²) >= 11 is 6.18. The highest BCUT2D eigenvalue weighted by atomic mass is 35.5. The van der Waals surface area contributed by atoms with Crippen molar-refractivity contribution in [3.8, 4) is 11.5 Å². The third kappa shape index (κ3) is 3.31. The molecule has 0 saturated heterocycles. The quantitative estimate of drug-likeness (QED) is 0.922. The van der Waals surface area contributed by atoms with Gasteiger partial charge in [-0.05, 0) is 31.5 Å². The Kier molecular flexibility index (Phi) is 4.75. The topological polar surface area (TPSA) is 56.5 Å². The van der Waals surface area contributed by atoms with Crippen LogP contribution >= 0.6 is 11.6 Å². The largest absolute Gasteiger partial charge is 0.493 e. The molecule has 114 valence electrons. The number of rotatable bonds is 5. The molecule has 1 N–H and O–H groups in total. The molecular formula is C15H19ClN2O3. The van der Waals surface area contributed by atoms with Crippen molar-refractivity contribution in [1.82, 2.24) is 9.78 Å². The van der Waals surface area contributed by atoms with Crippen molar-refractivity contribution in [2.75, 3.05) is 7.11 Å². The fourth-order valence-corrected chi connectivity index (χ4v) is 2.28. The Hall–Kier alpha value is -1.72. The molecule has 1 atom stereocenters. The highest BCUT2D eigenvalue weighted by molar-refractivity contribution is 6.30. The van der Waals surface area contributed by atoms with Crippen molar-refractivity contribution in [2.24, 2.45) is 7.05 Å². The highest BCUT2D eigenvalue weighted by Gasteiger charge is 2.14. The minimum absolute atomic E-state index is 0.308. The number of hydrogen-bond acceptors (Lipinski definition) is 4.